The smallest absolute Gasteiger partial charge is 0.241 e. The zero-order valence-corrected chi connectivity index (χ0v) is 15.7. The van der Waals surface area contributed by atoms with Crippen molar-refractivity contribution in [2.75, 3.05) is 12.0 Å². The van der Waals surface area contributed by atoms with Gasteiger partial charge in [0.15, 0.2) is 5.15 Å². The number of aromatic nitrogens is 4. The lowest BCUT2D eigenvalue weighted by Crippen LogP contribution is -2.05. The van der Waals surface area contributed by atoms with Crippen LogP contribution in [0.5, 0.6) is 0 Å². The minimum absolute atomic E-state index is 0.130. The molecule has 0 aliphatic carbocycles. The number of hydrogen-bond donors (Lipinski definition) is 0. The van der Waals surface area contributed by atoms with E-state index in [4.69, 9.17) is 11.6 Å². The van der Waals surface area contributed by atoms with Gasteiger partial charge in [-0.15, -0.1) is 10.2 Å². The Labute approximate surface area is 163 Å². The zero-order valence-electron chi connectivity index (χ0n) is 14.2. The molecule has 0 N–H and O–H groups in total. The van der Waals surface area contributed by atoms with Crippen LogP contribution < -0.4 is 0 Å². The summed E-state index contributed by atoms with van der Waals surface area (Å²) in [5.74, 6) is 1.50. The molecule has 0 saturated heterocycles. The maximum absolute atomic E-state index is 13.1. The third-order valence-electron chi connectivity index (χ3n) is 3.74. The zero-order chi connectivity index (χ0) is 19.4. The molecule has 0 radical (unpaired) electrons. The van der Waals surface area contributed by atoms with E-state index in [9.17, 15) is 13.2 Å². The van der Waals surface area contributed by atoms with Crippen LogP contribution in [0, 0.1) is 0 Å². The molecular weight excluding hydrogens is 397 g/mol. The number of alkyl halides is 3. The molecule has 27 heavy (non-hydrogen) atoms. The molecule has 1 aromatic carbocycles. The van der Waals surface area contributed by atoms with Crippen LogP contribution >= 0.6 is 23.4 Å². The van der Waals surface area contributed by atoms with Crippen molar-refractivity contribution in [3.63, 3.8) is 0 Å². The molecule has 2 aromatic heterocycles. The Morgan fingerprint density at radius 1 is 1.11 bits per heavy atom. The van der Waals surface area contributed by atoms with Crippen molar-refractivity contribution in [1.29, 1.82) is 0 Å². The number of nitrogens with zero attached hydrogens (tertiary/aromatic N) is 4. The minimum atomic E-state index is -4.45. The number of hydrogen-bond acceptors (Lipinski definition) is 5. The summed E-state index contributed by atoms with van der Waals surface area (Å²) in [4.78, 5) is 8.74. The molecule has 3 rings (SSSR count). The largest absolute Gasteiger partial charge is 0.416 e. The molecule has 9 heteroatoms. The van der Waals surface area contributed by atoms with Crippen LogP contribution in [-0.2, 0) is 12.6 Å². The second-order valence-corrected chi connectivity index (χ2v) is 6.98. The molecule has 0 aliphatic rings. The van der Waals surface area contributed by atoms with Gasteiger partial charge in [-0.05, 0) is 30.5 Å². The van der Waals surface area contributed by atoms with E-state index in [1.54, 1.807) is 36.2 Å². The minimum Gasteiger partial charge on any atom is -0.241 e. The van der Waals surface area contributed by atoms with E-state index in [2.05, 4.69) is 20.2 Å². The van der Waals surface area contributed by atoms with Gasteiger partial charge in [-0.25, -0.2) is 9.97 Å². The van der Waals surface area contributed by atoms with Crippen LogP contribution in [0.25, 0.3) is 22.5 Å². The Kier molecular flexibility index (Phi) is 5.96. The highest BCUT2D eigenvalue weighted by molar-refractivity contribution is 7.98. The highest BCUT2D eigenvalue weighted by atomic mass is 35.5. The van der Waals surface area contributed by atoms with Crippen molar-refractivity contribution in [3.8, 4) is 22.5 Å². The first kappa shape index (κ1) is 19.6. The standard InChI is InChI=1S/C18H14ClF3N4S/c1-27-8-6-16-23-7-5-14(24-16)13-10-15(19)25-26-17(13)11-3-2-4-12(9-11)18(20,21)22/h2-5,7,9-10H,6,8H2,1H3. The summed E-state index contributed by atoms with van der Waals surface area (Å²) in [6, 6.07) is 8.15. The Morgan fingerprint density at radius 2 is 1.93 bits per heavy atom. The third-order valence-corrected chi connectivity index (χ3v) is 4.54. The molecule has 140 valence electrons. The van der Waals surface area contributed by atoms with Gasteiger partial charge in [0.2, 0.25) is 0 Å². The third kappa shape index (κ3) is 4.75. The van der Waals surface area contributed by atoms with Gasteiger partial charge in [0.25, 0.3) is 0 Å². The van der Waals surface area contributed by atoms with E-state index in [-0.39, 0.29) is 16.4 Å². The van der Waals surface area contributed by atoms with Crippen LogP contribution in [-0.4, -0.2) is 32.2 Å². The van der Waals surface area contributed by atoms with E-state index in [1.165, 1.54) is 6.07 Å². The monoisotopic (exact) mass is 410 g/mol. The molecule has 0 fully saturated rings. The number of rotatable bonds is 5. The summed E-state index contributed by atoms with van der Waals surface area (Å²) in [5, 5.41) is 7.95. The van der Waals surface area contributed by atoms with Crippen LogP contribution in [0.15, 0.2) is 42.6 Å². The highest BCUT2D eigenvalue weighted by Gasteiger charge is 2.30. The van der Waals surface area contributed by atoms with Crippen molar-refractivity contribution >= 4 is 23.4 Å². The maximum Gasteiger partial charge on any atom is 0.416 e. The van der Waals surface area contributed by atoms with Crippen LogP contribution in [0.2, 0.25) is 5.15 Å². The maximum atomic E-state index is 13.1. The summed E-state index contributed by atoms with van der Waals surface area (Å²) in [6.07, 6.45) is -0.166. The molecule has 0 bridgehead atoms. The fourth-order valence-electron chi connectivity index (χ4n) is 2.48. The topological polar surface area (TPSA) is 51.6 Å². The van der Waals surface area contributed by atoms with Crippen molar-refractivity contribution in [2.24, 2.45) is 0 Å². The van der Waals surface area contributed by atoms with Crippen molar-refractivity contribution in [1.82, 2.24) is 20.2 Å². The summed E-state index contributed by atoms with van der Waals surface area (Å²) in [6.45, 7) is 0. The first-order chi connectivity index (χ1) is 12.9. The molecule has 0 spiro atoms. The van der Waals surface area contributed by atoms with Gasteiger partial charge in [0.05, 0.1) is 11.3 Å². The molecule has 0 amide bonds. The van der Waals surface area contributed by atoms with Gasteiger partial charge in [-0.2, -0.15) is 24.9 Å². The number of benzene rings is 1. The Bertz CT molecular complexity index is 950. The first-order valence-electron chi connectivity index (χ1n) is 7.90. The average molecular weight is 411 g/mol. The van der Waals surface area contributed by atoms with E-state index in [0.29, 0.717) is 23.5 Å². The lowest BCUT2D eigenvalue weighted by Gasteiger charge is -2.11. The van der Waals surface area contributed by atoms with Gasteiger partial charge in [0, 0.05) is 29.5 Å². The fraction of sp³-hybridized carbons (Fsp3) is 0.222. The molecule has 0 aliphatic heterocycles. The van der Waals surface area contributed by atoms with Gasteiger partial charge in [-0.1, -0.05) is 23.7 Å². The van der Waals surface area contributed by atoms with E-state index < -0.39 is 11.7 Å². The summed E-state index contributed by atoms with van der Waals surface area (Å²) in [5.41, 5.74) is 0.840. The van der Waals surface area contributed by atoms with E-state index in [1.807, 2.05) is 6.26 Å². The van der Waals surface area contributed by atoms with Gasteiger partial charge in [-0.3, -0.25) is 0 Å². The molecule has 3 aromatic rings. The first-order valence-corrected chi connectivity index (χ1v) is 9.68. The van der Waals surface area contributed by atoms with Gasteiger partial charge < -0.3 is 0 Å². The second-order valence-electron chi connectivity index (χ2n) is 5.61. The predicted octanol–water partition coefficient (Wildman–Crippen LogP) is 5.18. The fourth-order valence-corrected chi connectivity index (χ4v) is 3.02. The highest BCUT2D eigenvalue weighted by Crippen LogP contribution is 2.35. The molecule has 0 unspecified atom stereocenters. The summed E-state index contributed by atoms with van der Waals surface area (Å²) in [7, 11) is 0. The van der Waals surface area contributed by atoms with Crippen molar-refractivity contribution in [3.05, 3.63) is 59.1 Å². The normalized spacial score (nSPS) is 11.6. The Hall–Kier alpha value is -2.19. The summed E-state index contributed by atoms with van der Waals surface area (Å²) < 4.78 is 39.2. The Balaban J connectivity index is 2.10. The van der Waals surface area contributed by atoms with E-state index >= 15 is 0 Å². The molecule has 2 heterocycles. The summed E-state index contributed by atoms with van der Waals surface area (Å²) >= 11 is 7.66. The molecule has 0 saturated carbocycles. The lowest BCUT2D eigenvalue weighted by atomic mass is 10.0. The second kappa shape index (κ2) is 8.22. The van der Waals surface area contributed by atoms with Crippen LogP contribution in [0.4, 0.5) is 13.2 Å². The van der Waals surface area contributed by atoms with Gasteiger partial charge >= 0.3 is 6.18 Å². The van der Waals surface area contributed by atoms with Crippen molar-refractivity contribution < 1.29 is 13.2 Å². The predicted molar refractivity (Wildman–Crippen MR) is 101 cm³/mol. The number of halogens is 4. The number of thioether (sulfide) groups is 1. The average Bonchev–Trinajstić information content (AvgIpc) is 2.66. The van der Waals surface area contributed by atoms with Crippen molar-refractivity contribution in [2.45, 2.75) is 12.6 Å². The van der Waals surface area contributed by atoms with Crippen LogP contribution in [0.3, 0.4) is 0 Å². The quantitative estimate of drug-likeness (QED) is 0.580. The molecular formula is C18H14ClF3N4S. The number of aryl methyl sites for hydroxylation is 1. The molecule has 0 atom stereocenters. The lowest BCUT2D eigenvalue weighted by molar-refractivity contribution is -0.137. The Morgan fingerprint density at radius 3 is 2.67 bits per heavy atom. The SMILES string of the molecule is CSCCc1nccc(-c2cc(Cl)nnc2-c2cccc(C(F)(F)F)c2)n1. The van der Waals surface area contributed by atoms with Crippen LogP contribution in [0.1, 0.15) is 11.4 Å². The van der Waals surface area contributed by atoms with E-state index in [0.717, 1.165) is 17.9 Å². The molecule has 4 nitrogen and oxygen atoms in total. The van der Waals surface area contributed by atoms with Gasteiger partial charge in [0.1, 0.15) is 11.5 Å².